The van der Waals surface area contributed by atoms with Crippen LogP contribution in [-0.2, 0) is 16.6 Å². The van der Waals surface area contributed by atoms with Gasteiger partial charge >= 0.3 is 0 Å². The molecule has 0 saturated carbocycles. The third-order valence-corrected chi connectivity index (χ3v) is 7.15. The Morgan fingerprint density at radius 3 is 2.62 bits per heavy atom. The number of benzene rings is 1. The molecule has 1 aromatic carbocycles. The Morgan fingerprint density at radius 2 is 1.87 bits per heavy atom. The number of amides is 1. The second-order valence-electron chi connectivity index (χ2n) is 9.04. The van der Waals surface area contributed by atoms with Crippen molar-refractivity contribution in [2.45, 2.75) is 18.8 Å². The van der Waals surface area contributed by atoms with Crippen LogP contribution in [0.4, 0.5) is 20.4 Å². The van der Waals surface area contributed by atoms with Crippen LogP contribution in [0.3, 0.4) is 0 Å². The Hall–Kier alpha value is -4.42. The van der Waals surface area contributed by atoms with Crippen LogP contribution < -0.4 is 11.1 Å². The van der Waals surface area contributed by atoms with Crippen LogP contribution >= 0.6 is 23.2 Å². The molecule has 10 nitrogen and oxygen atoms in total. The number of aromatic hydroxyl groups is 1. The van der Waals surface area contributed by atoms with Crippen LogP contribution in [0.15, 0.2) is 43.0 Å². The molecule has 4 aromatic heterocycles. The quantitative estimate of drug-likeness (QED) is 0.291. The molecular weight excluding hydrogens is 553 g/mol. The highest BCUT2D eigenvalue weighted by Crippen LogP contribution is 2.48. The van der Waals surface area contributed by atoms with Crippen LogP contribution in [0.5, 0.6) is 5.75 Å². The minimum atomic E-state index is -1.54. The third kappa shape index (κ3) is 3.91. The second-order valence-corrected chi connectivity index (χ2v) is 9.82. The van der Waals surface area contributed by atoms with Gasteiger partial charge in [0.05, 0.1) is 17.0 Å². The Labute approximate surface area is 228 Å². The van der Waals surface area contributed by atoms with Crippen molar-refractivity contribution in [3.05, 3.63) is 87.2 Å². The van der Waals surface area contributed by atoms with Crippen molar-refractivity contribution in [3.8, 4) is 17.3 Å². The van der Waals surface area contributed by atoms with Crippen LogP contribution in [0.25, 0.3) is 17.2 Å². The van der Waals surface area contributed by atoms with Gasteiger partial charge in [-0.1, -0.05) is 23.2 Å². The van der Waals surface area contributed by atoms with E-state index in [-0.39, 0.29) is 50.9 Å². The number of nitrogens with one attached hydrogen (secondary N) is 1. The van der Waals surface area contributed by atoms with E-state index >= 15 is 0 Å². The predicted molar refractivity (Wildman–Crippen MR) is 139 cm³/mol. The summed E-state index contributed by atoms with van der Waals surface area (Å²) < 4.78 is 29.3. The van der Waals surface area contributed by atoms with Crippen molar-refractivity contribution in [1.29, 1.82) is 0 Å². The summed E-state index contributed by atoms with van der Waals surface area (Å²) in [5, 5.41) is 12.6. The topological polar surface area (TPSA) is 144 Å². The van der Waals surface area contributed by atoms with Gasteiger partial charge in [-0.05, 0) is 24.6 Å². The lowest BCUT2D eigenvalue weighted by Gasteiger charge is -2.23. The molecule has 1 aliphatic heterocycles. The number of nitrogens with two attached hydrogens (primary N) is 1. The van der Waals surface area contributed by atoms with Gasteiger partial charge in [-0.25, -0.2) is 28.7 Å². The van der Waals surface area contributed by atoms with Crippen molar-refractivity contribution in [2.24, 2.45) is 0 Å². The smallest absolute Gasteiger partial charge is 0.242 e. The fraction of sp³-hybridized carbons (Fsp3) is 0.120. The monoisotopic (exact) mass is 568 g/mol. The molecule has 0 fully saturated rings. The van der Waals surface area contributed by atoms with E-state index in [0.717, 1.165) is 6.07 Å². The standard InChI is InChI=1S/C25H16Cl2F2N8O2/c1-25(19-17(27)18(38)13(26)8-32-19)16-20(30)34-21(35-22(16)36-24(25)39)15-9-37-3-2-31-23(37)14(33-15)6-10-4-11(28)7-12(29)5-10/h2-5,7-9H,6H2,1H3,(H,32,38)(H3,30,34,35,36,39)/t25-/m1/s1. The van der Waals surface area contributed by atoms with Crippen molar-refractivity contribution < 1.29 is 18.7 Å². The average molecular weight is 569 g/mol. The highest BCUT2D eigenvalue weighted by atomic mass is 35.5. The zero-order valence-electron chi connectivity index (χ0n) is 19.9. The Balaban J connectivity index is 1.47. The van der Waals surface area contributed by atoms with Gasteiger partial charge in [0, 0.05) is 37.3 Å². The Bertz CT molecular complexity index is 1830. The van der Waals surface area contributed by atoms with E-state index in [0.29, 0.717) is 16.9 Å². The van der Waals surface area contributed by atoms with Gasteiger partial charge in [0.15, 0.2) is 17.2 Å². The molecule has 0 saturated heterocycles. The highest BCUT2D eigenvalue weighted by molar-refractivity contribution is 6.37. The molecule has 5 heterocycles. The summed E-state index contributed by atoms with van der Waals surface area (Å²) in [5.74, 6) is -2.25. The highest BCUT2D eigenvalue weighted by Gasteiger charge is 2.50. The number of nitrogens with zero attached hydrogens (tertiary/aromatic N) is 6. The lowest BCUT2D eigenvalue weighted by molar-refractivity contribution is -0.119. The number of anilines is 2. The summed E-state index contributed by atoms with van der Waals surface area (Å²) in [6.07, 6.45) is 6.09. The molecule has 5 aromatic rings. The molecular formula is C25H16Cl2F2N8O2. The molecule has 0 radical (unpaired) electrons. The van der Waals surface area contributed by atoms with Crippen molar-refractivity contribution >= 4 is 46.4 Å². The number of imidazole rings is 1. The minimum absolute atomic E-state index is 0.0212. The minimum Gasteiger partial charge on any atom is -0.505 e. The van der Waals surface area contributed by atoms with Gasteiger partial charge in [0.1, 0.15) is 44.4 Å². The van der Waals surface area contributed by atoms with Gasteiger partial charge in [-0.3, -0.25) is 9.78 Å². The lowest BCUT2D eigenvalue weighted by atomic mass is 9.80. The zero-order valence-corrected chi connectivity index (χ0v) is 21.4. The second kappa shape index (κ2) is 8.82. The predicted octanol–water partition coefficient (Wildman–Crippen LogP) is 4.30. The first-order chi connectivity index (χ1) is 18.6. The fourth-order valence-electron chi connectivity index (χ4n) is 4.68. The summed E-state index contributed by atoms with van der Waals surface area (Å²) in [6.45, 7) is 1.53. The Morgan fingerprint density at radius 1 is 1.13 bits per heavy atom. The maximum Gasteiger partial charge on any atom is 0.242 e. The maximum atomic E-state index is 13.8. The zero-order chi connectivity index (χ0) is 27.6. The summed E-state index contributed by atoms with van der Waals surface area (Å²) >= 11 is 12.2. The number of pyridine rings is 1. The maximum absolute atomic E-state index is 13.8. The first kappa shape index (κ1) is 24.9. The molecule has 39 heavy (non-hydrogen) atoms. The van der Waals surface area contributed by atoms with Gasteiger partial charge < -0.3 is 20.6 Å². The number of carbonyl (C=O) groups is 1. The molecule has 0 aliphatic carbocycles. The Kier molecular flexibility index (Phi) is 5.63. The number of rotatable bonds is 4. The van der Waals surface area contributed by atoms with Gasteiger partial charge in [0.2, 0.25) is 5.91 Å². The summed E-state index contributed by atoms with van der Waals surface area (Å²) in [6, 6.07) is 3.21. The van der Waals surface area contributed by atoms with E-state index in [1.54, 1.807) is 23.0 Å². The van der Waals surface area contributed by atoms with E-state index in [9.17, 15) is 18.7 Å². The van der Waals surface area contributed by atoms with E-state index in [2.05, 4.69) is 30.2 Å². The number of fused-ring (bicyclic) bond motifs is 2. The summed E-state index contributed by atoms with van der Waals surface area (Å²) in [7, 11) is 0. The van der Waals surface area contributed by atoms with Gasteiger partial charge in [-0.2, -0.15) is 0 Å². The molecule has 0 unspecified atom stereocenters. The lowest BCUT2D eigenvalue weighted by Crippen LogP contribution is -2.34. The molecule has 1 atom stereocenters. The van der Waals surface area contributed by atoms with Crippen molar-refractivity contribution in [1.82, 2.24) is 29.3 Å². The number of hydrogen-bond donors (Lipinski definition) is 3. The molecule has 196 valence electrons. The van der Waals surface area contributed by atoms with Gasteiger partial charge in [0.25, 0.3) is 0 Å². The molecule has 0 spiro atoms. The van der Waals surface area contributed by atoms with Crippen LogP contribution in [0, 0.1) is 11.6 Å². The van der Waals surface area contributed by atoms with Crippen molar-refractivity contribution in [3.63, 3.8) is 0 Å². The van der Waals surface area contributed by atoms with E-state index < -0.39 is 28.7 Å². The number of carbonyl (C=O) groups excluding carboxylic acids is 1. The SMILES string of the molecule is C[C@@]1(c2ncc(Cl)c(O)c2Cl)C(=O)Nc2nc(-c3cn4ccnc4c(Cc4cc(F)cc(F)c4)n3)nc(N)c21. The third-order valence-electron chi connectivity index (χ3n) is 6.51. The average Bonchev–Trinajstić information content (AvgIpc) is 3.45. The van der Waals surface area contributed by atoms with E-state index in [1.807, 2.05) is 0 Å². The van der Waals surface area contributed by atoms with E-state index in [4.69, 9.17) is 28.9 Å². The van der Waals surface area contributed by atoms with Gasteiger partial charge in [-0.15, -0.1) is 0 Å². The van der Waals surface area contributed by atoms with Crippen molar-refractivity contribution in [2.75, 3.05) is 11.1 Å². The van der Waals surface area contributed by atoms with E-state index in [1.165, 1.54) is 25.3 Å². The number of halogens is 4. The molecule has 1 aliphatic rings. The number of hydrogen-bond acceptors (Lipinski definition) is 8. The fourth-order valence-corrected chi connectivity index (χ4v) is 5.21. The molecule has 14 heteroatoms. The number of aromatic nitrogens is 6. The summed E-state index contributed by atoms with van der Waals surface area (Å²) in [5.41, 5.74) is 6.56. The van der Waals surface area contributed by atoms with Crippen LogP contribution in [0.1, 0.15) is 29.4 Å². The molecule has 1 amide bonds. The molecule has 6 rings (SSSR count). The first-order valence-electron chi connectivity index (χ1n) is 11.4. The normalized spacial score (nSPS) is 16.5. The van der Waals surface area contributed by atoms with Crippen LogP contribution in [-0.4, -0.2) is 40.3 Å². The molecule has 0 bridgehead atoms. The van der Waals surface area contributed by atoms with Crippen LogP contribution in [0.2, 0.25) is 10.0 Å². The number of nitrogen functional groups attached to an aromatic ring is 1. The molecule has 4 N–H and O–H groups in total. The largest absolute Gasteiger partial charge is 0.505 e. The first-order valence-corrected chi connectivity index (χ1v) is 12.1. The summed E-state index contributed by atoms with van der Waals surface area (Å²) in [4.78, 5) is 35.2.